The molecule has 0 amide bonds. The Balaban J connectivity index is 1.34. The highest BCUT2D eigenvalue weighted by molar-refractivity contribution is 7.93. The van der Waals surface area contributed by atoms with Gasteiger partial charge in [-0.25, -0.2) is 23.4 Å². The number of fused-ring (bicyclic) bond motifs is 1. The number of benzene rings is 2. The van der Waals surface area contributed by atoms with E-state index in [9.17, 15) is 8.42 Å². The maximum Gasteiger partial charge on any atom is 0.235 e. The Bertz CT molecular complexity index is 1580. The molecule has 1 saturated heterocycles. The summed E-state index contributed by atoms with van der Waals surface area (Å²) in [5.41, 5.74) is 2.79. The third kappa shape index (κ3) is 5.14. The highest BCUT2D eigenvalue weighted by Gasteiger charge is 2.36. The van der Waals surface area contributed by atoms with Gasteiger partial charge in [-0.1, -0.05) is 24.3 Å². The molecule has 196 valence electrons. The van der Waals surface area contributed by atoms with Gasteiger partial charge < -0.3 is 15.4 Å². The Morgan fingerprint density at radius 2 is 1.84 bits per heavy atom. The Labute approximate surface area is 222 Å². The molecule has 3 N–H and O–H groups in total. The Morgan fingerprint density at radius 3 is 2.63 bits per heavy atom. The number of sulfonamides is 1. The number of piperidine rings is 1. The minimum absolute atomic E-state index is 0.286. The van der Waals surface area contributed by atoms with Crippen LogP contribution in [0.2, 0.25) is 0 Å². The Hall–Kier alpha value is -3.76. The smallest absolute Gasteiger partial charge is 0.235 e. The summed E-state index contributed by atoms with van der Waals surface area (Å²) in [5.74, 6) is 1.60. The molecule has 0 unspecified atom stereocenters. The molecule has 0 spiro atoms. The lowest BCUT2D eigenvalue weighted by Crippen LogP contribution is -2.38. The van der Waals surface area contributed by atoms with Crippen molar-refractivity contribution < 1.29 is 13.2 Å². The van der Waals surface area contributed by atoms with Gasteiger partial charge in [0.15, 0.2) is 0 Å². The van der Waals surface area contributed by atoms with E-state index in [0.29, 0.717) is 41.8 Å². The van der Waals surface area contributed by atoms with Crippen LogP contribution in [0.25, 0.3) is 22.0 Å². The summed E-state index contributed by atoms with van der Waals surface area (Å²) in [6.45, 7) is 3.83. The van der Waals surface area contributed by atoms with Gasteiger partial charge in [0.25, 0.3) is 0 Å². The van der Waals surface area contributed by atoms with Gasteiger partial charge in [0, 0.05) is 35.8 Å². The van der Waals surface area contributed by atoms with Crippen molar-refractivity contribution in [3.63, 3.8) is 0 Å². The molecule has 1 saturated carbocycles. The number of nitrogens with one attached hydrogen (secondary N) is 3. The summed E-state index contributed by atoms with van der Waals surface area (Å²) in [6.07, 6.45) is 7.01. The van der Waals surface area contributed by atoms with Gasteiger partial charge in [-0.2, -0.15) is 0 Å². The fourth-order valence-corrected chi connectivity index (χ4v) is 6.22. The SMILES string of the molecule is Cc1cc(NS(=O)(=O)C2CC2)c2ccccc2c1Oc1ncccc1-c1ccnc(N[C@H]2CCCNC2)n1. The van der Waals surface area contributed by atoms with Crippen LogP contribution in [0.4, 0.5) is 11.6 Å². The van der Waals surface area contributed by atoms with Crippen LogP contribution in [0.15, 0.2) is 60.9 Å². The van der Waals surface area contributed by atoms with E-state index in [1.807, 2.05) is 55.5 Å². The second-order valence-corrected chi connectivity index (χ2v) is 11.8. The average molecular weight is 531 g/mol. The second kappa shape index (κ2) is 10.2. The largest absolute Gasteiger partial charge is 0.437 e. The lowest BCUT2D eigenvalue weighted by Gasteiger charge is -2.23. The minimum Gasteiger partial charge on any atom is -0.437 e. The van der Waals surface area contributed by atoms with Crippen molar-refractivity contribution in [1.29, 1.82) is 0 Å². The summed E-state index contributed by atoms with van der Waals surface area (Å²) in [4.78, 5) is 13.7. The molecule has 38 heavy (non-hydrogen) atoms. The van der Waals surface area contributed by atoms with Crippen LogP contribution in [0, 0.1) is 6.92 Å². The molecule has 9 nitrogen and oxygen atoms in total. The molecule has 1 atom stereocenters. The third-order valence-electron chi connectivity index (χ3n) is 6.93. The van der Waals surface area contributed by atoms with Crippen molar-refractivity contribution >= 4 is 32.4 Å². The lowest BCUT2D eigenvalue weighted by molar-refractivity contribution is 0.466. The van der Waals surface area contributed by atoms with E-state index in [1.165, 1.54) is 0 Å². The number of anilines is 2. The van der Waals surface area contributed by atoms with Gasteiger partial charge >= 0.3 is 0 Å². The molecule has 0 radical (unpaired) electrons. The minimum atomic E-state index is -3.41. The normalized spacial score (nSPS) is 17.8. The van der Waals surface area contributed by atoms with Crippen LogP contribution in [0.1, 0.15) is 31.2 Å². The number of aryl methyl sites for hydroxylation is 1. The predicted octanol–water partition coefficient (Wildman–Crippen LogP) is 4.86. The van der Waals surface area contributed by atoms with Crippen LogP contribution in [0.5, 0.6) is 11.6 Å². The first-order valence-corrected chi connectivity index (χ1v) is 14.5. The van der Waals surface area contributed by atoms with E-state index in [0.717, 1.165) is 47.8 Å². The highest BCUT2D eigenvalue weighted by atomic mass is 32.2. The number of hydrogen-bond donors (Lipinski definition) is 3. The molecule has 2 aliphatic rings. The lowest BCUT2D eigenvalue weighted by atomic mass is 10.0. The highest BCUT2D eigenvalue weighted by Crippen LogP contribution is 2.40. The molecule has 2 aromatic carbocycles. The topological polar surface area (TPSA) is 118 Å². The maximum absolute atomic E-state index is 12.7. The fraction of sp³-hybridized carbons (Fsp3) is 0.321. The first kappa shape index (κ1) is 24.6. The Kier molecular flexibility index (Phi) is 6.59. The monoisotopic (exact) mass is 530 g/mol. The van der Waals surface area contributed by atoms with E-state index in [1.54, 1.807) is 12.4 Å². The fourth-order valence-electron chi connectivity index (χ4n) is 4.82. The van der Waals surface area contributed by atoms with Gasteiger partial charge in [0.2, 0.25) is 21.9 Å². The first-order valence-electron chi connectivity index (χ1n) is 13.0. The zero-order valence-corrected chi connectivity index (χ0v) is 22.0. The van der Waals surface area contributed by atoms with Crippen LogP contribution in [-0.4, -0.2) is 47.8 Å². The van der Waals surface area contributed by atoms with Gasteiger partial charge in [-0.3, -0.25) is 4.72 Å². The van der Waals surface area contributed by atoms with Crippen molar-refractivity contribution in [2.75, 3.05) is 23.1 Å². The van der Waals surface area contributed by atoms with E-state index < -0.39 is 10.0 Å². The summed E-state index contributed by atoms with van der Waals surface area (Å²) in [6, 6.07) is 15.4. The number of hydrogen-bond acceptors (Lipinski definition) is 8. The average Bonchev–Trinajstić information content (AvgIpc) is 3.79. The van der Waals surface area contributed by atoms with Crippen molar-refractivity contribution in [3.05, 3.63) is 66.5 Å². The molecule has 2 aromatic heterocycles. The van der Waals surface area contributed by atoms with Gasteiger partial charge in [-0.15, -0.1) is 0 Å². The molecule has 3 heterocycles. The van der Waals surface area contributed by atoms with E-state index >= 15 is 0 Å². The molecule has 1 aliphatic carbocycles. The summed E-state index contributed by atoms with van der Waals surface area (Å²) in [7, 11) is -3.41. The maximum atomic E-state index is 12.7. The van der Waals surface area contributed by atoms with Crippen molar-refractivity contribution in [2.45, 2.75) is 43.9 Å². The molecule has 10 heteroatoms. The molecule has 4 aromatic rings. The number of rotatable bonds is 8. The number of pyridine rings is 1. The van der Waals surface area contributed by atoms with Gasteiger partial charge in [-0.05, 0) is 69.0 Å². The van der Waals surface area contributed by atoms with Crippen molar-refractivity contribution in [1.82, 2.24) is 20.3 Å². The standard InChI is InChI=1S/C28H30N6O3S/c1-18-16-25(34-38(35,36)20-10-11-20)21-7-2-3-8-22(21)26(18)37-27-23(9-5-14-30-27)24-12-15-31-28(33-24)32-19-6-4-13-29-17-19/h2-3,5,7-9,12,14-16,19-20,29,34H,4,6,10-11,13,17H2,1H3,(H,31,32,33)/t19-/m0/s1. The van der Waals surface area contributed by atoms with Crippen molar-refractivity contribution in [3.8, 4) is 22.9 Å². The second-order valence-electron chi connectivity index (χ2n) is 9.87. The summed E-state index contributed by atoms with van der Waals surface area (Å²) < 4.78 is 34.6. The van der Waals surface area contributed by atoms with Gasteiger partial charge in [0.05, 0.1) is 22.2 Å². The zero-order valence-electron chi connectivity index (χ0n) is 21.1. The third-order valence-corrected chi connectivity index (χ3v) is 8.78. The molecule has 1 aliphatic heterocycles. The van der Waals surface area contributed by atoms with Crippen LogP contribution >= 0.6 is 0 Å². The number of ether oxygens (including phenoxy) is 1. The Morgan fingerprint density at radius 1 is 1.00 bits per heavy atom. The van der Waals surface area contributed by atoms with Crippen LogP contribution in [0.3, 0.4) is 0 Å². The molecular weight excluding hydrogens is 500 g/mol. The summed E-state index contributed by atoms with van der Waals surface area (Å²) >= 11 is 0. The van der Waals surface area contributed by atoms with Crippen molar-refractivity contribution in [2.24, 2.45) is 0 Å². The number of nitrogens with zero attached hydrogens (tertiary/aromatic N) is 3. The van der Waals surface area contributed by atoms with Gasteiger partial charge in [0.1, 0.15) is 5.75 Å². The van der Waals surface area contributed by atoms with E-state index in [4.69, 9.17) is 9.72 Å². The number of aromatic nitrogens is 3. The zero-order chi connectivity index (χ0) is 26.1. The molecule has 2 fully saturated rings. The molecule has 6 rings (SSSR count). The quantitative estimate of drug-likeness (QED) is 0.296. The summed E-state index contributed by atoms with van der Waals surface area (Å²) in [5, 5.41) is 8.08. The van der Waals surface area contributed by atoms with Crippen LogP contribution in [-0.2, 0) is 10.0 Å². The van der Waals surface area contributed by atoms with E-state index in [-0.39, 0.29) is 11.3 Å². The van der Waals surface area contributed by atoms with E-state index in [2.05, 4.69) is 25.3 Å². The van der Waals surface area contributed by atoms with Crippen LogP contribution < -0.4 is 20.1 Å². The first-order chi connectivity index (χ1) is 18.5. The predicted molar refractivity (Wildman–Crippen MR) is 149 cm³/mol. The molecule has 0 bridgehead atoms. The molecular formula is C28H30N6O3S.